The molecule has 0 radical (unpaired) electrons. The van der Waals surface area contributed by atoms with Crippen LogP contribution in [0, 0.1) is 0 Å². The molecule has 1 heterocycles. The SMILES string of the molecule is O=C(CCNC(=O)c1cccs1)Nc1ccc(CO)cc1. The summed E-state index contributed by atoms with van der Waals surface area (Å²) in [6, 6.07) is 10.5. The summed E-state index contributed by atoms with van der Waals surface area (Å²) in [5.74, 6) is -0.330. The molecule has 0 atom stereocenters. The van der Waals surface area contributed by atoms with E-state index in [1.54, 1.807) is 30.3 Å². The molecule has 110 valence electrons. The van der Waals surface area contributed by atoms with Gasteiger partial charge in [-0.05, 0) is 29.1 Å². The molecule has 0 spiro atoms. The molecule has 1 aromatic heterocycles. The number of hydrogen-bond donors (Lipinski definition) is 3. The number of carbonyl (C=O) groups is 2. The first-order valence-electron chi connectivity index (χ1n) is 6.50. The van der Waals surface area contributed by atoms with E-state index in [4.69, 9.17) is 5.11 Å². The van der Waals surface area contributed by atoms with E-state index in [0.29, 0.717) is 10.6 Å². The lowest BCUT2D eigenvalue weighted by Gasteiger charge is -2.06. The number of aliphatic hydroxyl groups is 1. The molecule has 0 unspecified atom stereocenters. The minimum absolute atomic E-state index is 0.0248. The summed E-state index contributed by atoms with van der Waals surface area (Å²) in [7, 11) is 0. The van der Waals surface area contributed by atoms with E-state index >= 15 is 0 Å². The Morgan fingerprint density at radius 2 is 1.90 bits per heavy atom. The summed E-state index contributed by atoms with van der Waals surface area (Å²) in [4.78, 5) is 24.0. The highest BCUT2D eigenvalue weighted by atomic mass is 32.1. The monoisotopic (exact) mass is 304 g/mol. The molecule has 21 heavy (non-hydrogen) atoms. The summed E-state index contributed by atoms with van der Waals surface area (Å²) in [5, 5.41) is 16.2. The van der Waals surface area contributed by atoms with Gasteiger partial charge in [-0.1, -0.05) is 18.2 Å². The van der Waals surface area contributed by atoms with Crippen molar-refractivity contribution in [2.24, 2.45) is 0 Å². The zero-order valence-electron chi connectivity index (χ0n) is 11.3. The van der Waals surface area contributed by atoms with Crippen LogP contribution in [-0.4, -0.2) is 23.5 Å². The van der Waals surface area contributed by atoms with Crippen molar-refractivity contribution in [1.82, 2.24) is 5.32 Å². The quantitative estimate of drug-likeness (QED) is 0.764. The Balaban J connectivity index is 1.73. The predicted octanol–water partition coefficient (Wildman–Crippen LogP) is 2.00. The van der Waals surface area contributed by atoms with Crippen molar-refractivity contribution in [3.05, 3.63) is 52.2 Å². The van der Waals surface area contributed by atoms with E-state index in [9.17, 15) is 9.59 Å². The zero-order valence-corrected chi connectivity index (χ0v) is 12.2. The lowest BCUT2D eigenvalue weighted by atomic mass is 10.2. The van der Waals surface area contributed by atoms with E-state index in [1.165, 1.54) is 11.3 Å². The van der Waals surface area contributed by atoms with Crippen LogP contribution in [0.2, 0.25) is 0 Å². The van der Waals surface area contributed by atoms with Crippen LogP contribution in [0.4, 0.5) is 5.69 Å². The number of hydrogen-bond acceptors (Lipinski definition) is 4. The van der Waals surface area contributed by atoms with E-state index in [1.807, 2.05) is 11.4 Å². The summed E-state index contributed by atoms with van der Waals surface area (Å²) >= 11 is 1.36. The molecule has 0 aliphatic carbocycles. The third-order valence-corrected chi connectivity index (χ3v) is 3.67. The van der Waals surface area contributed by atoms with E-state index in [-0.39, 0.29) is 31.4 Å². The summed E-state index contributed by atoms with van der Waals surface area (Å²) in [6.07, 6.45) is 0.207. The van der Waals surface area contributed by atoms with Crippen molar-refractivity contribution >= 4 is 28.8 Å². The highest BCUT2D eigenvalue weighted by Gasteiger charge is 2.07. The fourth-order valence-corrected chi connectivity index (χ4v) is 2.34. The number of amides is 2. The minimum Gasteiger partial charge on any atom is -0.392 e. The molecule has 0 aliphatic rings. The summed E-state index contributed by atoms with van der Waals surface area (Å²) < 4.78 is 0. The number of nitrogens with one attached hydrogen (secondary N) is 2. The Morgan fingerprint density at radius 3 is 2.52 bits per heavy atom. The van der Waals surface area contributed by atoms with Crippen LogP contribution >= 0.6 is 11.3 Å². The maximum absolute atomic E-state index is 11.7. The first-order chi connectivity index (χ1) is 10.2. The molecule has 5 nitrogen and oxygen atoms in total. The van der Waals surface area contributed by atoms with Crippen LogP contribution < -0.4 is 10.6 Å². The van der Waals surface area contributed by atoms with Crippen molar-refractivity contribution in [1.29, 1.82) is 0 Å². The molecule has 3 N–H and O–H groups in total. The second kappa shape index (κ2) is 7.56. The van der Waals surface area contributed by atoms with Gasteiger partial charge in [0.25, 0.3) is 5.91 Å². The van der Waals surface area contributed by atoms with Crippen molar-refractivity contribution in [2.75, 3.05) is 11.9 Å². The maximum atomic E-state index is 11.7. The molecule has 2 rings (SSSR count). The highest BCUT2D eigenvalue weighted by molar-refractivity contribution is 7.12. The largest absolute Gasteiger partial charge is 0.392 e. The first kappa shape index (κ1) is 15.2. The number of thiophene rings is 1. The van der Waals surface area contributed by atoms with Crippen LogP contribution in [0.3, 0.4) is 0 Å². The van der Waals surface area contributed by atoms with E-state index < -0.39 is 0 Å². The molecule has 0 saturated heterocycles. The van der Waals surface area contributed by atoms with Gasteiger partial charge in [0.2, 0.25) is 5.91 Å². The summed E-state index contributed by atoms with van der Waals surface area (Å²) in [6.45, 7) is 0.264. The second-order valence-electron chi connectivity index (χ2n) is 4.39. The van der Waals surface area contributed by atoms with Crippen molar-refractivity contribution < 1.29 is 14.7 Å². The fraction of sp³-hybridized carbons (Fsp3) is 0.200. The Morgan fingerprint density at radius 1 is 1.14 bits per heavy atom. The lowest BCUT2D eigenvalue weighted by molar-refractivity contribution is -0.116. The van der Waals surface area contributed by atoms with Crippen LogP contribution in [0.15, 0.2) is 41.8 Å². The van der Waals surface area contributed by atoms with Gasteiger partial charge in [-0.3, -0.25) is 9.59 Å². The summed E-state index contributed by atoms with van der Waals surface area (Å²) in [5.41, 5.74) is 1.46. The standard InChI is InChI=1S/C15H16N2O3S/c18-10-11-3-5-12(6-4-11)17-14(19)7-8-16-15(20)13-2-1-9-21-13/h1-6,9,18H,7-8,10H2,(H,16,20)(H,17,19). The van der Waals surface area contributed by atoms with E-state index in [2.05, 4.69) is 10.6 Å². The maximum Gasteiger partial charge on any atom is 0.261 e. The van der Waals surface area contributed by atoms with Gasteiger partial charge in [0, 0.05) is 18.7 Å². The third kappa shape index (κ3) is 4.70. The van der Waals surface area contributed by atoms with Crippen LogP contribution in [0.25, 0.3) is 0 Å². The van der Waals surface area contributed by atoms with Gasteiger partial charge in [0.05, 0.1) is 11.5 Å². The van der Waals surface area contributed by atoms with Crippen LogP contribution in [-0.2, 0) is 11.4 Å². The highest BCUT2D eigenvalue weighted by Crippen LogP contribution is 2.10. The molecule has 0 aliphatic heterocycles. The minimum atomic E-state index is -0.168. The zero-order chi connectivity index (χ0) is 15.1. The van der Waals surface area contributed by atoms with Crippen molar-refractivity contribution in [2.45, 2.75) is 13.0 Å². The third-order valence-electron chi connectivity index (χ3n) is 2.80. The second-order valence-corrected chi connectivity index (χ2v) is 5.33. The van der Waals surface area contributed by atoms with Crippen molar-refractivity contribution in [3.63, 3.8) is 0 Å². The molecule has 0 bridgehead atoms. The van der Waals surface area contributed by atoms with Gasteiger partial charge in [0.15, 0.2) is 0 Å². The molecule has 6 heteroatoms. The Bertz CT molecular complexity index is 594. The number of aliphatic hydroxyl groups excluding tert-OH is 1. The Kier molecular flexibility index (Phi) is 5.48. The average molecular weight is 304 g/mol. The molecule has 2 aromatic rings. The molecular weight excluding hydrogens is 288 g/mol. The molecule has 2 amide bonds. The predicted molar refractivity (Wildman–Crippen MR) is 82.3 cm³/mol. The normalized spacial score (nSPS) is 10.1. The van der Waals surface area contributed by atoms with Crippen LogP contribution in [0.5, 0.6) is 0 Å². The fourth-order valence-electron chi connectivity index (χ4n) is 1.70. The average Bonchev–Trinajstić information content (AvgIpc) is 3.02. The number of anilines is 1. The lowest BCUT2D eigenvalue weighted by Crippen LogP contribution is -2.27. The van der Waals surface area contributed by atoms with Crippen LogP contribution in [0.1, 0.15) is 21.7 Å². The van der Waals surface area contributed by atoms with E-state index in [0.717, 1.165) is 5.56 Å². The molecular formula is C15H16N2O3S. The molecule has 0 saturated carbocycles. The van der Waals surface area contributed by atoms with Gasteiger partial charge >= 0.3 is 0 Å². The number of carbonyl (C=O) groups excluding carboxylic acids is 2. The Hall–Kier alpha value is -2.18. The van der Waals surface area contributed by atoms with Gasteiger partial charge in [-0.2, -0.15) is 0 Å². The van der Waals surface area contributed by atoms with Gasteiger partial charge in [0.1, 0.15) is 0 Å². The number of benzene rings is 1. The molecule has 0 fully saturated rings. The van der Waals surface area contributed by atoms with Gasteiger partial charge in [-0.25, -0.2) is 0 Å². The topological polar surface area (TPSA) is 78.4 Å². The Labute approximate surface area is 126 Å². The molecule has 1 aromatic carbocycles. The van der Waals surface area contributed by atoms with Crippen molar-refractivity contribution in [3.8, 4) is 0 Å². The number of rotatable bonds is 6. The first-order valence-corrected chi connectivity index (χ1v) is 7.38. The smallest absolute Gasteiger partial charge is 0.261 e. The van der Waals surface area contributed by atoms with Gasteiger partial charge in [-0.15, -0.1) is 11.3 Å². The van der Waals surface area contributed by atoms with Gasteiger partial charge < -0.3 is 15.7 Å².